The Balaban J connectivity index is 2.22. The van der Waals surface area contributed by atoms with E-state index in [1.54, 1.807) is 0 Å². The van der Waals surface area contributed by atoms with Crippen LogP contribution in [-0.2, 0) is 13.0 Å². The normalized spacial score (nSPS) is 20.4. The van der Waals surface area contributed by atoms with Crippen LogP contribution in [0.4, 0.5) is 0 Å². The van der Waals surface area contributed by atoms with Gasteiger partial charge in [-0.2, -0.15) is 5.10 Å². The Labute approximate surface area is 85.5 Å². The van der Waals surface area contributed by atoms with E-state index in [9.17, 15) is 0 Å². The second kappa shape index (κ2) is 3.73. The van der Waals surface area contributed by atoms with E-state index in [2.05, 4.69) is 28.9 Å². The van der Waals surface area contributed by atoms with Gasteiger partial charge in [-0.25, -0.2) is 0 Å². The molecule has 0 aliphatic heterocycles. The molecule has 14 heavy (non-hydrogen) atoms. The minimum absolute atomic E-state index is 0.533. The summed E-state index contributed by atoms with van der Waals surface area (Å²) in [6, 6.07) is 0.533. The predicted molar refractivity (Wildman–Crippen MR) is 57.2 cm³/mol. The maximum atomic E-state index is 4.45. The van der Waals surface area contributed by atoms with E-state index in [0.717, 1.165) is 6.54 Å². The molecule has 0 fully saturated rings. The van der Waals surface area contributed by atoms with Crippen molar-refractivity contribution in [1.29, 1.82) is 0 Å². The lowest BCUT2D eigenvalue weighted by Crippen LogP contribution is -2.12. The summed E-state index contributed by atoms with van der Waals surface area (Å²) in [4.78, 5) is 0. The van der Waals surface area contributed by atoms with Crippen molar-refractivity contribution in [2.75, 3.05) is 7.05 Å². The maximum Gasteiger partial charge on any atom is 0.0540 e. The van der Waals surface area contributed by atoms with E-state index in [1.165, 1.54) is 24.1 Å². The molecule has 3 heteroatoms. The van der Waals surface area contributed by atoms with Crippen LogP contribution < -0.4 is 5.32 Å². The van der Waals surface area contributed by atoms with E-state index in [1.807, 2.05) is 13.2 Å². The minimum Gasteiger partial charge on any atom is -0.313 e. The Bertz CT molecular complexity index is 314. The van der Waals surface area contributed by atoms with Crippen molar-refractivity contribution < 1.29 is 0 Å². The molecule has 1 aliphatic rings. The van der Waals surface area contributed by atoms with Crippen LogP contribution in [0.5, 0.6) is 0 Å². The summed E-state index contributed by atoms with van der Waals surface area (Å²) in [6.07, 6.45) is 4.43. The van der Waals surface area contributed by atoms with Gasteiger partial charge in [-0.3, -0.25) is 4.68 Å². The number of hydrogen-bond acceptors (Lipinski definition) is 2. The van der Waals surface area contributed by atoms with Gasteiger partial charge in [0.2, 0.25) is 0 Å². The zero-order chi connectivity index (χ0) is 10.1. The van der Waals surface area contributed by atoms with E-state index in [0.29, 0.717) is 12.0 Å². The predicted octanol–water partition coefficient (Wildman–Crippen LogP) is 1.75. The second-order valence-corrected chi connectivity index (χ2v) is 4.50. The van der Waals surface area contributed by atoms with Crippen LogP contribution in [-0.4, -0.2) is 16.8 Å². The molecule has 78 valence electrons. The van der Waals surface area contributed by atoms with Gasteiger partial charge in [-0.1, -0.05) is 13.8 Å². The highest BCUT2D eigenvalue weighted by Crippen LogP contribution is 2.30. The van der Waals surface area contributed by atoms with Gasteiger partial charge >= 0.3 is 0 Å². The van der Waals surface area contributed by atoms with Gasteiger partial charge in [-0.15, -0.1) is 0 Å². The van der Waals surface area contributed by atoms with Crippen molar-refractivity contribution in [3.8, 4) is 0 Å². The first-order valence-corrected chi connectivity index (χ1v) is 5.44. The zero-order valence-electron chi connectivity index (χ0n) is 9.25. The fourth-order valence-corrected chi connectivity index (χ4v) is 2.23. The number of fused-ring (bicyclic) bond motifs is 1. The van der Waals surface area contributed by atoms with E-state index in [4.69, 9.17) is 0 Å². The summed E-state index contributed by atoms with van der Waals surface area (Å²) >= 11 is 0. The molecule has 1 aliphatic carbocycles. The van der Waals surface area contributed by atoms with Crippen molar-refractivity contribution in [3.63, 3.8) is 0 Å². The van der Waals surface area contributed by atoms with E-state index < -0.39 is 0 Å². The maximum absolute atomic E-state index is 4.45. The molecule has 0 spiro atoms. The van der Waals surface area contributed by atoms with Crippen molar-refractivity contribution in [2.24, 2.45) is 5.92 Å². The third kappa shape index (κ3) is 1.57. The molecular weight excluding hydrogens is 174 g/mol. The van der Waals surface area contributed by atoms with E-state index in [-0.39, 0.29) is 0 Å². The van der Waals surface area contributed by atoms with Gasteiger partial charge in [0.1, 0.15) is 0 Å². The summed E-state index contributed by atoms with van der Waals surface area (Å²) in [5.74, 6) is 0.674. The highest BCUT2D eigenvalue weighted by atomic mass is 15.3. The molecule has 1 aromatic rings. The van der Waals surface area contributed by atoms with Gasteiger partial charge in [0, 0.05) is 23.8 Å². The quantitative estimate of drug-likeness (QED) is 0.792. The molecule has 1 atom stereocenters. The highest BCUT2D eigenvalue weighted by molar-refractivity contribution is 5.27. The molecule has 0 radical (unpaired) electrons. The number of nitrogens with one attached hydrogen (secondary N) is 1. The fraction of sp³-hybridized carbons (Fsp3) is 0.727. The van der Waals surface area contributed by atoms with Crippen LogP contribution in [0.2, 0.25) is 0 Å². The number of rotatable bonds is 3. The second-order valence-electron chi connectivity index (χ2n) is 4.50. The standard InChI is InChI=1S/C11H19N3/c1-8(2)7-14-11-5-4-10(12-3)9(11)6-13-14/h6,8,10,12H,4-5,7H2,1-3H3. The smallest absolute Gasteiger partial charge is 0.0540 e. The van der Waals surface area contributed by atoms with Crippen molar-refractivity contribution in [1.82, 2.24) is 15.1 Å². The largest absolute Gasteiger partial charge is 0.313 e. The summed E-state index contributed by atoms with van der Waals surface area (Å²) in [7, 11) is 2.03. The molecule has 1 N–H and O–H groups in total. The highest BCUT2D eigenvalue weighted by Gasteiger charge is 2.25. The SMILES string of the molecule is CNC1CCc2c1cnn2CC(C)C. The van der Waals surface area contributed by atoms with Gasteiger partial charge < -0.3 is 5.32 Å². The van der Waals surface area contributed by atoms with Crippen LogP contribution in [0.25, 0.3) is 0 Å². The molecular formula is C11H19N3. The lowest BCUT2D eigenvalue weighted by molar-refractivity contribution is 0.468. The van der Waals surface area contributed by atoms with Crippen molar-refractivity contribution in [3.05, 3.63) is 17.5 Å². The monoisotopic (exact) mass is 193 g/mol. The molecule has 3 nitrogen and oxygen atoms in total. The summed E-state index contributed by atoms with van der Waals surface area (Å²) in [5.41, 5.74) is 2.85. The Kier molecular flexibility index (Phi) is 2.59. The fourth-order valence-electron chi connectivity index (χ4n) is 2.23. The first kappa shape index (κ1) is 9.71. The molecule has 0 saturated heterocycles. The summed E-state index contributed by atoms with van der Waals surface area (Å²) < 4.78 is 2.18. The van der Waals surface area contributed by atoms with E-state index >= 15 is 0 Å². The average Bonchev–Trinajstić information content (AvgIpc) is 2.67. The molecule has 0 bridgehead atoms. The summed E-state index contributed by atoms with van der Waals surface area (Å²) in [5, 5.41) is 7.79. The van der Waals surface area contributed by atoms with Crippen molar-refractivity contribution in [2.45, 2.75) is 39.3 Å². The summed E-state index contributed by atoms with van der Waals surface area (Å²) in [6.45, 7) is 5.52. The number of aromatic nitrogens is 2. The van der Waals surface area contributed by atoms with Crippen LogP contribution in [0, 0.1) is 5.92 Å². The topological polar surface area (TPSA) is 29.9 Å². The Morgan fingerprint density at radius 1 is 1.64 bits per heavy atom. The molecule has 1 heterocycles. The Hall–Kier alpha value is -0.830. The Morgan fingerprint density at radius 3 is 3.07 bits per heavy atom. The third-order valence-electron chi connectivity index (χ3n) is 2.91. The lowest BCUT2D eigenvalue weighted by atomic mass is 10.2. The zero-order valence-corrected chi connectivity index (χ0v) is 9.25. The molecule has 0 saturated carbocycles. The first-order chi connectivity index (χ1) is 6.72. The van der Waals surface area contributed by atoms with Gasteiger partial charge in [0.25, 0.3) is 0 Å². The number of hydrogen-bond donors (Lipinski definition) is 1. The van der Waals surface area contributed by atoms with Crippen molar-refractivity contribution >= 4 is 0 Å². The molecule has 1 aromatic heterocycles. The molecule has 0 amide bonds. The first-order valence-electron chi connectivity index (χ1n) is 5.44. The molecule has 0 aromatic carbocycles. The van der Waals surface area contributed by atoms with Crippen LogP contribution in [0.3, 0.4) is 0 Å². The third-order valence-corrected chi connectivity index (χ3v) is 2.91. The van der Waals surface area contributed by atoms with Gasteiger partial charge in [0.05, 0.1) is 6.20 Å². The van der Waals surface area contributed by atoms with Crippen LogP contribution >= 0.6 is 0 Å². The number of nitrogens with zero attached hydrogens (tertiary/aromatic N) is 2. The lowest BCUT2D eigenvalue weighted by Gasteiger charge is -2.07. The van der Waals surface area contributed by atoms with Gasteiger partial charge in [0.15, 0.2) is 0 Å². The average molecular weight is 193 g/mol. The Morgan fingerprint density at radius 2 is 2.43 bits per heavy atom. The molecule has 1 unspecified atom stereocenters. The van der Waals surface area contributed by atoms with Crippen LogP contribution in [0.1, 0.15) is 37.6 Å². The van der Waals surface area contributed by atoms with Crippen LogP contribution in [0.15, 0.2) is 6.20 Å². The minimum atomic E-state index is 0.533. The van der Waals surface area contributed by atoms with Gasteiger partial charge in [-0.05, 0) is 25.8 Å². The molecule has 2 rings (SSSR count).